The number of halogens is 1. The van der Waals surface area contributed by atoms with Crippen LogP contribution in [0.25, 0.3) is 17.3 Å². The first-order valence-corrected chi connectivity index (χ1v) is 6.50. The SMILES string of the molecule is CCc1cccc(-c2nc(Cl)nc(-n3cncn3)n2)c1. The molecule has 0 fully saturated rings. The van der Waals surface area contributed by atoms with Crippen LogP contribution in [-0.2, 0) is 6.42 Å². The van der Waals surface area contributed by atoms with Crippen LogP contribution in [0.2, 0.25) is 5.28 Å². The average molecular weight is 287 g/mol. The second kappa shape index (κ2) is 5.34. The summed E-state index contributed by atoms with van der Waals surface area (Å²) in [5, 5.41) is 4.12. The molecular weight excluding hydrogens is 276 g/mol. The molecule has 7 heteroatoms. The van der Waals surface area contributed by atoms with Gasteiger partial charge in [-0.05, 0) is 29.7 Å². The molecule has 2 heterocycles. The van der Waals surface area contributed by atoms with Crippen LogP contribution in [0.4, 0.5) is 0 Å². The van der Waals surface area contributed by atoms with Gasteiger partial charge in [0.1, 0.15) is 12.7 Å². The molecule has 0 amide bonds. The zero-order valence-corrected chi connectivity index (χ0v) is 11.5. The first-order chi connectivity index (χ1) is 9.76. The molecule has 2 aromatic heterocycles. The van der Waals surface area contributed by atoms with Crippen molar-refractivity contribution in [2.45, 2.75) is 13.3 Å². The highest BCUT2D eigenvalue weighted by atomic mass is 35.5. The minimum atomic E-state index is 0.127. The van der Waals surface area contributed by atoms with Crippen LogP contribution in [0, 0.1) is 0 Å². The molecular formula is C13H11ClN6. The Hall–Kier alpha value is -2.34. The lowest BCUT2D eigenvalue weighted by molar-refractivity contribution is 0.796. The summed E-state index contributed by atoms with van der Waals surface area (Å²) in [5.41, 5.74) is 2.11. The Labute approximate surface area is 120 Å². The third-order valence-corrected chi connectivity index (χ3v) is 2.98. The molecule has 0 saturated heterocycles. The number of aryl methyl sites for hydroxylation is 1. The molecule has 100 valence electrons. The molecule has 0 atom stereocenters. The number of hydrogen-bond donors (Lipinski definition) is 0. The maximum atomic E-state index is 5.97. The number of benzene rings is 1. The minimum Gasteiger partial charge on any atom is -0.223 e. The van der Waals surface area contributed by atoms with E-state index in [1.165, 1.54) is 22.9 Å². The van der Waals surface area contributed by atoms with Gasteiger partial charge in [0.05, 0.1) is 0 Å². The molecule has 0 N–H and O–H groups in total. The second-order valence-electron chi connectivity index (χ2n) is 4.12. The van der Waals surface area contributed by atoms with Gasteiger partial charge in [0, 0.05) is 5.56 Å². The lowest BCUT2D eigenvalue weighted by Crippen LogP contribution is -2.05. The monoisotopic (exact) mass is 286 g/mol. The van der Waals surface area contributed by atoms with Gasteiger partial charge in [-0.3, -0.25) is 0 Å². The highest BCUT2D eigenvalue weighted by Crippen LogP contribution is 2.19. The first-order valence-electron chi connectivity index (χ1n) is 6.12. The van der Waals surface area contributed by atoms with Crippen LogP contribution in [0.1, 0.15) is 12.5 Å². The van der Waals surface area contributed by atoms with Gasteiger partial charge in [0.15, 0.2) is 5.82 Å². The summed E-state index contributed by atoms with van der Waals surface area (Å²) in [6, 6.07) is 8.01. The average Bonchev–Trinajstić information content (AvgIpc) is 3.01. The Kier molecular flexibility index (Phi) is 3.39. The Balaban J connectivity index is 2.09. The molecule has 1 aromatic carbocycles. The molecule has 6 nitrogen and oxygen atoms in total. The predicted octanol–water partition coefficient (Wildman–Crippen LogP) is 2.34. The molecule has 3 rings (SSSR count). The van der Waals surface area contributed by atoms with Crippen LogP contribution in [-0.4, -0.2) is 29.7 Å². The van der Waals surface area contributed by atoms with Crippen LogP contribution < -0.4 is 0 Å². The van der Waals surface area contributed by atoms with E-state index >= 15 is 0 Å². The van der Waals surface area contributed by atoms with Gasteiger partial charge < -0.3 is 0 Å². The Morgan fingerprint density at radius 3 is 2.85 bits per heavy atom. The molecule has 0 aliphatic carbocycles. The van der Waals surface area contributed by atoms with E-state index in [0.717, 1.165) is 12.0 Å². The fourth-order valence-electron chi connectivity index (χ4n) is 1.81. The highest BCUT2D eigenvalue weighted by Gasteiger charge is 2.09. The highest BCUT2D eigenvalue weighted by molar-refractivity contribution is 6.28. The van der Waals surface area contributed by atoms with E-state index in [0.29, 0.717) is 11.8 Å². The fourth-order valence-corrected chi connectivity index (χ4v) is 1.97. The maximum absolute atomic E-state index is 5.97. The van der Waals surface area contributed by atoms with Crippen molar-refractivity contribution in [3.8, 4) is 17.3 Å². The number of nitrogens with zero attached hydrogens (tertiary/aromatic N) is 6. The Bertz CT molecular complexity index is 725. The van der Waals surface area contributed by atoms with Crippen molar-refractivity contribution in [2.24, 2.45) is 0 Å². The summed E-state index contributed by atoms with van der Waals surface area (Å²) < 4.78 is 1.45. The summed E-state index contributed by atoms with van der Waals surface area (Å²) in [6.07, 6.45) is 3.87. The lowest BCUT2D eigenvalue weighted by atomic mass is 10.1. The standard InChI is InChI=1S/C13H11ClN6/c1-2-9-4-3-5-10(6-9)11-17-12(14)19-13(18-11)20-8-15-7-16-20/h3-8H,2H2,1H3. The quantitative estimate of drug-likeness (QED) is 0.739. The molecule has 20 heavy (non-hydrogen) atoms. The van der Waals surface area contributed by atoms with Crippen molar-refractivity contribution in [3.63, 3.8) is 0 Å². The Morgan fingerprint density at radius 1 is 1.20 bits per heavy atom. The third kappa shape index (κ3) is 2.50. The van der Waals surface area contributed by atoms with Crippen molar-refractivity contribution >= 4 is 11.6 Å². The van der Waals surface area contributed by atoms with Crippen LogP contribution >= 0.6 is 11.6 Å². The molecule has 0 bridgehead atoms. The van der Waals surface area contributed by atoms with Crippen molar-refractivity contribution in [3.05, 3.63) is 47.8 Å². The minimum absolute atomic E-state index is 0.127. The number of rotatable bonds is 3. The summed E-state index contributed by atoms with van der Waals surface area (Å²) in [4.78, 5) is 16.5. The van der Waals surface area contributed by atoms with E-state index in [4.69, 9.17) is 11.6 Å². The topological polar surface area (TPSA) is 69.4 Å². The van der Waals surface area contributed by atoms with Gasteiger partial charge in [-0.1, -0.05) is 25.1 Å². The zero-order chi connectivity index (χ0) is 13.9. The summed E-state index contributed by atoms with van der Waals surface area (Å²) in [7, 11) is 0. The predicted molar refractivity (Wildman–Crippen MR) is 74.6 cm³/mol. The largest absolute Gasteiger partial charge is 0.256 e. The van der Waals surface area contributed by atoms with Crippen molar-refractivity contribution in [1.82, 2.24) is 29.7 Å². The van der Waals surface area contributed by atoms with Gasteiger partial charge in [-0.15, -0.1) is 0 Å². The normalized spacial score (nSPS) is 10.7. The molecule has 0 spiro atoms. The van der Waals surface area contributed by atoms with Gasteiger partial charge in [-0.2, -0.15) is 24.7 Å². The van der Waals surface area contributed by atoms with E-state index < -0.39 is 0 Å². The lowest BCUT2D eigenvalue weighted by Gasteiger charge is -2.05. The van der Waals surface area contributed by atoms with E-state index in [1.807, 2.05) is 18.2 Å². The van der Waals surface area contributed by atoms with Crippen LogP contribution in [0.3, 0.4) is 0 Å². The van der Waals surface area contributed by atoms with E-state index in [9.17, 15) is 0 Å². The molecule has 3 aromatic rings. The molecule has 0 aliphatic heterocycles. The first kappa shape index (κ1) is 12.7. The smallest absolute Gasteiger partial charge is 0.223 e. The van der Waals surface area contributed by atoms with Gasteiger partial charge in [0.2, 0.25) is 5.28 Å². The van der Waals surface area contributed by atoms with E-state index in [1.54, 1.807) is 0 Å². The molecule has 0 aliphatic rings. The maximum Gasteiger partial charge on any atom is 0.256 e. The second-order valence-corrected chi connectivity index (χ2v) is 4.46. The number of aromatic nitrogens is 6. The molecule has 0 saturated carbocycles. The van der Waals surface area contributed by atoms with Crippen molar-refractivity contribution in [1.29, 1.82) is 0 Å². The van der Waals surface area contributed by atoms with Gasteiger partial charge in [-0.25, -0.2) is 4.98 Å². The van der Waals surface area contributed by atoms with E-state index in [2.05, 4.69) is 38.0 Å². The molecule has 0 unspecified atom stereocenters. The zero-order valence-electron chi connectivity index (χ0n) is 10.7. The molecule has 0 radical (unpaired) electrons. The van der Waals surface area contributed by atoms with Gasteiger partial charge >= 0.3 is 0 Å². The van der Waals surface area contributed by atoms with E-state index in [-0.39, 0.29) is 5.28 Å². The van der Waals surface area contributed by atoms with Crippen LogP contribution in [0.15, 0.2) is 36.9 Å². The van der Waals surface area contributed by atoms with Gasteiger partial charge in [0.25, 0.3) is 5.95 Å². The Morgan fingerprint density at radius 2 is 2.10 bits per heavy atom. The van der Waals surface area contributed by atoms with Crippen molar-refractivity contribution < 1.29 is 0 Å². The fraction of sp³-hybridized carbons (Fsp3) is 0.154. The summed E-state index contributed by atoms with van der Waals surface area (Å²) >= 11 is 5.97. The van der Waals surface area contributed by atoms with Crippen molar-refractivity contribution in [2.75, 3.05) is 0 Å². The number of hydrogen-bond acceptors (Lipinski definition) is 5. The van der Waals surface area contributed by atoms with Crippen LogP contribution in [0.5, 0.6) is 0 Å². The summed E-state index contributed by atoms with van der Waals surface area (Å²) in [5.74, 6) is 0.866. The summed E-state index contributed by atoms with van der Waals surface area (Å²) in [6.45, 7) is 2.10. The third-order valence-electron chi connectivity index (χ3n) is 2.81.